The Morgan fingerprint density at radius 1 is 1.11 bits per heavy atom. The SMILES string of the molecule is CCOc1cccc(C(=O)C(C)(C)C)c1OCC. The van der Waals surface area contributed by atoms with Crippen molar-refractivity contribution in [2.75, 3.05) is 13.2 Å². The first-order valence-corrected chi connectivity index (χ1v) is 6.35. The van der Waals surface area contributed by atoms with Crippen molar-refractivity contribution in [1.82, 2.24) is 0 Å². The van der Waals surface area contributed by atoms with Crippen molar-refractivity contribution < 1.29 is 14.3 Å². The zero-order chi connectivity index (χ0) is 13.8. The summed E-state index contributed by atoms with van der Waals surface area (Å²) in [5.41, 5.74) is 0.159. The zero-order valence-electron chi connectivity index (χ0n) is 11.9. The Morgan fingerprint density at radius 3 is 2.22 bits per heavy atom. The minimum Gasteiger partial charge on any atom is -0.490 e. The molecule has 0 amide bonds. The molecule has 0 heterocycles. The monoisotopic (exact) mass is 250 g/mol. The third-order valence-corrected chi connectivity index (χ3v) is 2.49. The molecule has 0 radical (unpaired) electrons. The second-order valence-electron chi connectivity index (χ2n) is 5.08. The molecule has 0 fully saturated rings. The van der Waals surface area contributed by atoms with Crippen molar-refractivity contribution in [2.45, 2.75) is 34.6 Å². The quantitative estimate of drug-likeness (QED) is 0.747. The molecule has 0 aliphatic rings. The molecule has 0 N–H and O–H groups in total. The Labute approximate surface area is 109 Å². The predicted octanol–water partition coefficient (Wildman–Crippen LogP) is 3.71. The first-order valence-electron chi connectivity index (χ1n) is 6.35. The first-order chi connectivity index (χ1) is 8.41. The highest BCUT2D eigenvalue weighted by atomic mass is 16.5. The topological polar surface area (TPSA) is 35.5 Å². The Kier molecular flexibility index (Phi) is 4.76. The smallest absolute Gasteiger partial charge is 0.172 e. The molecular formula is C15H22O3. The van der Waals surface area contributed by atoms with Crippen LogP contribution in [0.2, 0.25) is 0 Å². The number of ether oxygens (including phenoxy) is 2. The van der Waals surface area contributed by atoms with E-state index in [2.05, 4.69) is 0 Å². The van der Waals surface area contributed by atoms with Crippen molar-refractivity contribution in [3.8, 4) is 11.5 Å². The first kappa shape index (κ1) is 14.6. The number of hydrogen-bond acceptors (Lipinski definition) is 3. The minimum absolute atomic E-state index is 0.0625. The minimum atomic E-state index is -0.434. The van der Waals surface area contributed by atoms with Gasteiger partial charge in [0.15, 0.2) is 17.3 Å². The number of benzene rings is 1. The van der Waals surface area contributed by atoms with Crippen LogP contribution in [0.25, 0.3) is 0 Å². The van der Waals surface area contributed by atoms with Gasteiger partial charge in [0.25, 0.3) is 0 Å². The summed E-state index contributed by atoms with van der Waals surface area (Å²) in [4.78, 5) is 12.4. The maximum absolute atomic E-state index is 12.4. The van der Waals surface area contributed by atoms with Gasteiger partial charge in [-0.15, -0.1) is 0 Å². The lowest BCUT2D eigenvalue weighted by Crippen LogP contribution is -2.21. The van der Waals surface area contributed by atoms with E-state index >= 15 is 0 Å². The molecule has 0 aliphatic heterocycles. The molecule has 0 bridgehead atoms. The van der Waals surface area contributed by atoms with Gasteiger partial charge in [0.05, 0.1) is 18.8 Å². The van der Waals surface area contributed by atoms with E-state index in [9.17, 15) is 4.79 Å². The highest BCUT2D eigenvalue weighted by Crippen LogP contribution is 2.35. The summed E-state index contributed by atoms with van der Waals surface area (Å²) in [7, 11) is 0. The van der Waals surface area contributed by atoms with Gasteiger partial charge in [0.1, 0.15) is 0 Å². The van der Waals surface area contributed by atoms with Crippen molar-refractivity contribution in [1.29, 1.82) is 0 Å². The Balaban J connectivity index is 3.26. The van der Waals surface area contributed by atoms with Crippen LogP contribution in [0, 0.1) is 5.41 Å². The van der Waals surface area contributed by atoms with Gasteiger partial charge in [-0.25, -0.2) is 0 Å². The number of Topliss-reactive ketones (excluding diaryl/α,β-unsaturated/α-hetero) is 1. The molecule has 0 saturated heterocycles. The Morgan fingerprint density at radius 2 is 1.72 bits per heavy atom. The molecule has 100 valence electrons. The molecule has 1 aromatic carbocycles. The van der Waals surface area contributed by atoms with Crippen molar-refractivity contribution in [2.24, 2.45) is 5.41 Å². The third kappa shape index (κ3) is 3.25. The van der Waals surface area contributed by atoms with E-state index in [4.69, 9.17) is 9.47 Å². The molecule has 0 atom stereocenters. The molecule has 1 rings (SSSR count). The van der Waals surface area contributed by atoms with Crippen LogP contribution in [0.3, 0.4) is 0 Å². The molecule has 0 aliphatic carbocycles. The van der Waals surface area contributed by atoms with Crippen LogP contribution < -0.4 is 9.47 Å². The van der Waals surface area contributed by atoms with Gasteiger partial charge in [-0.2, -0.15) is 0 Å². The molecule has 18 heavy (non-hydrogen) atoms. The molecule has 3 heteroatoms. The van der Waals surface area contributed by atoms with E-state index in [1.165, 1.54) is 0 Å². The maximum Gasteiger partial charge on any atom is 0.172 e. The third-order valence-electron chi connectivity index (χ3n) is 2.49. The molecule has 1 aromatic rings. The Hall–Kier alpha value is -1.51. The van der Waals surface area contributed by atoms with Gasteiger partial charge in [-0.1, -0.05) is 26.8 Å². The fraction of sp³-hybridized carbons (Fsp3) is 0.533. The van der Waals surface area contributed by atoms with Crippen molar-refractivity contribution >= 4 is 5.78 Å². The summed E-state index contributed by atoms with van der Waals surface area (Å²) in [6, 6.07) is 5.45. The summed E-state index contributed by atoms with van der Waals surface area (Å²) >= 11 is 0. The van der Waals surface area contributed by atoms with E-state index in [0.717, 1.165) is 0 Å². The predicted molar refractivity (Wildman–Crippen MR) is 72.6 cm³/mol. The van der Waals surface area contributed by atoms with E-state index in [0.29, 0.717) is 30.3 Å². The second-order valence-corrected chi connectivity index (χ2v) is 5.08. The van der Waals surface area contributed by atoms with Gasteiger partial charge in [-0.3, -0.25) is 4.79 Å². The summed E-state index contributed by atoms with van der Waals surface area (Å²) in [6.45, 7) is 10.6. The number of ketones is 1. The fourth-order valence-electron chi connectivity index (χ4n) is 1.66. The van der Waals surface area contributed by atoms with Gasteiger partial charge < -0.3 is 9.47 Å². The zero-order valence-corrected chi connectivity index (χ0v) is 11.9. The highest BCUT2D eigenvalue weighted by Gasteiger charge is 2.27. The van der Waals surface area contributed by atoms with Crippen LogP contribution in [0.1, 0.15) is 45.0 Å². The lowest BCUT2D eigenvalue weighted by molar-refractivity contribution is 0.0853. The van der Waals surface area contributed by atoms with Crippen LogP contribution in [0.15, 0.2) is 18.2 Å². The van der Waals surface area contributed by atoms with Crippen molar-refractivity contribution in [3.63, 3.8) is 0 Å². The van der Waals surface area contributed by atoms with Crippen molar-refractivity contribution in [3.05, 3.63) is 23.8 Å². The fourth-order valence-corrected chi connectivity index (χ4v) is 1.66. The largest absolute Gasteiger partial charge is 0.490 e. The van der Waals surface area contributed by atoms with Gasteiger partial charge in [0.2, 0.25) is 0 Å². The van der Waals surface area contributed by atoms with E-state index in [1.807, 2.05) is 46.8 Å². The number of para-hydroxylation sites is 1. The Bertz CT molecular complexity index is 416. The normalized spacial score (nSPS) is 11.2. The molecule has 3 nitrogen and oxygen atoms in total. The lowest BCUT2D eigenvalue weighted by Gasteiger charge is -2.20. The van der Waals surface area contributed by atoms with Crippen LogP contribution in [0.4, 0.5) is 0 Å². The van der Waals surface area contributed by atoms with Crippen LogP contribution >= 0.6 is 0 Å². The highest BCUT2D eigenvalue weighted by molar-refractivity contribution is 6.02. The number of carbonyl (C=O) groups is 1. The number of hydrogen-bond donors (Lipinski definition) is 0. The molecule has 0 aromatic heterocycles. The van der Waals surface area contributed by atoms with Gasteiger partial charge >= 0.3 is 0 Å². The lowest BCUT2D eigenvalue weighted by atomic mass is 9.86. The maximum atomic E-state index is 12.4. The van der Waals surface area contributed by atoms with E-state index in [1.54, 1.807) is 6.07 Å². The summed E-state index contributed by atoms with van der Waals surface area (Å²) < 4.78 is 11.1. The molecule has 0 unspecified atom stereocenters. The van der Waals surface area contributed by atoms with Crippen LogP contribution in [0.5, 0.6) is 11.5 Å². The standard InChI is InChI=1S/C15H22O3/c1-6-17-12-10-8-9-11(13(12)18-7-2)14(16)15(3,4)5/h8-10H,6-7H2,1-5H3. The van der Waals surface area contributed by atoms with Crippen LogP contribution in [-0.4, -0.2) is 19.0 Å². The van der Waals surface area contributed by atoms with E-state index in [-0.39, 0.29) is 5.78 Å². The molecule has 0 spiro atoms. The summed E-state index contributed by atoms with van der Waals surface area (Å²) in [5, 5.41) is 0. The average molecular weight is 250 g/mol. The van der Waals surface area contributed by atoms with Gasteiger partial charge in [0, 0.05) is 5.41 Å². The van der Waals surface area contributed by atoms with Gasteiger partial charge in [-0.05, 0) is 26.0 Å². The second kappa shape index (κ2) is 5.89. The average Bonchev–Trinajstić information content (AvgIpc) is 2.30. The number of rotatable bonds is 5. The summed E-state index contributed by atoms with van der Waals surface area (Å²) in [6.07, 6.45) is 0. The van der Waals surface area contributed by atoms with E-state index < -0.39 is 5.41 Å². The molecular weight excluding hydrogens is 228 g/mol. The van der Waals surface area contributed by atoms with Crippen LogP contribution in [-0.2, 0) is 0 Å². The number of carbonyl (C=O) groups excluding carboxylic acids is 1. The molecule has 0 saturated carbocycles. The summed E-state index contributed by atoms with van der Waals surface area (Å²) in [5.74, 6) is 1.25.